The Balaban J connectivity index is 1.34. The molecular weight excluding hydrogens is 244 g/mol. The van der Waals surface area contributed by atoms with Crippen LogP contribution >= 0.6 is 0 Å². The van der Waals surface area contributed by atoms with Crippen LogP contribution < -0.4 is 5.32 Å². The Labute approximate surface area is 124 Å². The van der Waals surface area contributed by atoms with Gasteiger partial charge < -0.3 is 10.2 Å². The van der Waals surface area contributed by atoms with Crippen LogP contribution in [0.1, 0.15) is 58.8 Å². The molecule has 4 aliphatic carbocycles. The largest absolute Gasteiger partial charge is 0.311 e. The van der Waals surface area contributed by atoms with Gasteiger partial charge in [0.1, 0.15) is 0 Å². The molecule has 1 heterocycles. The Morgan fingerprint density at radius 1 is 0.850 bits per heavy atom. The van der Waals surface area contributed by atoms with Crippen molar-refractivity contribution in [2.45, 2.75) is 76.9 Å². The third kappa shape index (κ3) is 2.43. The molecule has 5 rings (SSSR count). The number of hydrogen-bond acceptors (Lipinski definition) is 2. The molecule has 20 heavy (non-hydrogen) atoms. The number of likely N-dealkylation sites (tertiary alicyclic amines) is 1. The van der Waals surface area contributed by atoms with Crippen LogP contribution in [0.25, 0.3) is 0 Å². The third-order valence-corrected chi connectivity index (χ3v) is 6.91. The predicted molar refractivity (Wildman–Crippen MR) is 83.7 cm³/mol. The highest BCUT2D eigenvalue weighted by Gasteiger charge is 2.48. The van der Waals surface area contributed by atoms with E-state index in [4.69, 9.17) is 0 Å². The van der Waals surface area contributed by atoms with E-state index in [0.29, 0.717) is 0 Å². The number of hydrogen-bond donors (Lipinski definition) is 1. The Morgan fingerprint density at radius 2 is 1.40 bits per heavy atom. The molecule has 0 radical (unpaired) electrons. The lowest BCUT2D eigenvalue weighted by atomic mass is 9.54. The van der Waals surface area contributed by atoms with Gasteiger partial charge in [-0.15, -0.1) is 0 Å². The van der Waals surface area contributed by atoms with Crippen LogP contribution in [0.5, 0.6) is 0 Å². The summed E-state index contributed by atoms with van der Waals surface area (Å²) >= 11 is 0. The molecule has 0 aromatic carbocycles. The Hall–Kier alpha value is -0.0800. The Morgan fingerprint density at radius 3 is 1.90 bits per heavy atom. The lowest BCUT2D eigenvalue weighted by molar-refractivity contribution is -0.0209. The molecule has 0 aromatic rings. The summed E-state index contributed by atoms with van der Waals surface area (Å²) in [5, 5.41) is 4.13. The summed E-state index contributed by atoms with van der Waals surface area (Å²) in [6.45, 7) is 7.29. The molecule has 0 unspecified atom stereocenters. The average molecular weight is 276 g/mol. The highest BCUT2D eigenvalue weighted by Crippen LogP contribution is 2.53. The van der Waals surface area contributed by atoms with Gasteiger partial charge in [0.15, 0.2) is 0 Å². The molecule has 1 aliphatic heterocycles. The van der Waals surface area contributed by atoms with Gasteiger partial charge in [-0.25, -0.2) is 0 Å². The van der Waals surface area contributed by atoms with Gasteiger partial charge in [0.2, 0.25) is 0 Å². The van der Waals surface area contributed by atoms with Crippen molar-refractivity contribution >= 4 is 0 Å². The zero-order chi connectivity index (χ0) is 13.7. The zero-order valence-electron chi connectivity index (χ0n) is 13.4. The van der Waals surface area contributed by atoms with Gasteiger partial charge in [0, 0.05) is 18.1 Å². The molecule has 1 saturated heterocycles. The fourth-order valence-corrected chi connectivity index (χ4v) is 6.05. The minimum Gasteiger partial charge on any atom is -0.311 e. The summed E-state index contributed by atoms with van der Waals surface area (Å²) in [6, 6.07) is 2.43. The molecular formula is C18H32N2. The normalized spacial score (nSPS) is 45.5. The van der Waals surface area contributed by atoms with E-state index in [2.05, 4.69) is 24.1 Å². The molecule has 2 heteroatoms. The summed E-state index contributed by atoms with van der Waals surface area (Å²) < 4.78 is 0. The SMILES string of the molecule is CC(C)N1CCC(NC2C3CC4CC(C3)CC2C4)CC1. The molecule has 0 amide bonds. The molecule has 0 atom stereocenters. The summed E-state index contributed by atoms with van der Waals surface area (Å²) in [5.74, 6) is 4.29. The molecule has 0 spiro atoms. The molecule has 2 nitrogen and oxygen atoms in total. The highest BCUT2D eigenvalue weighted by atomic mass is 15.2. The quantitative estimate of drug-likeness (QED) is 0.851. The zero-order valence-corrected chi connectivity index (χ0v) is 13.4. The van der Waals surface area contributed by atoms with Crippen molar-refractivity contribution in [3.05, 3.63) is 0 Å². The third-order valence-electron chi connectivity index (χ3n) is 6.91. The number of rotatable bonds is 3. The summed E-state index contributed by atoms with van der Waals surface area (Å²) in [6.07, 6.45) is 10.5. The number of nitrogens with zero attached hydrogens (tertiary/aromatic N) is 1. The van der Waals surface area contributed by atoms with E-state index in [0.717, 1.165) is 41.8 Å². The smallest absolute Gasteiger partial charge is 0.0127 e. The average Bonchev–Trinajstić information content (AvgIpc) is 2.42. The van der Waals surface area contributed by atoms with Crippen LogP contribution in [-0.2, 0) is 0 Å². The van der Waals surface area contributed by atoms with E-state index < -0.39 is 0 Å². The molecule has 5 fully saturated rings. The van der Waals surface area contributed by atoms with Crippen molar-refractivity contribution in [2.24, 2.45) is 23.7 Å². The predicted octanol–water partition coefficient (Wildman–Crippen LogP) is 3.27. The van der Waals surface area contributed by atoms with E-state index in [1.165, 1.54) is 25.9 Å². The maximum absolute atomic E-state index is 4.13. The van der Waals surface area contributed by atoms with Crippen LogP contribution in [0, 0.1) is 23.7 Å². The molecule has 0 aromatic heterocycles. The van der Waals surface area contributed by atoms with Crippen molar-refractivity contribution in [3.8, 4) is 0 Å². The number of piperidine rings is 1. The second kappa shape index (κ2) is 5.28. The highest BCUT2D eigenvalue weighted by molar-refractivity contribution is 5.02. The van der Waals surface area contributed by atoms with Crippen molar-refractivity contribution in [1.82, 2.24) is 10.2 Å². The second-order valence-corrected chi connectivity index (χ2v) is 8.53. The van der Waals surface area contributed by atoms with Gasteiger partial charge in [-0.2, -0.15) is 0 Å². The fourth-order valence-electron chi connectivity index (χ4n) is 6.05. The van der Waals surface area contributed by atoms with Crippen LogP contribution in [0.15, 0.2) is 0 Å². The lowest BCUT2D eigenvalue weighted by Crippen LogP contribution is -2.58. The first-order chi connectivity index (χ1) is 9.69. The van der Waals surface area contributed by atoms with Gasteiger partial charge in [-0.05, 0) is 95.6 Å². The van der Waals surface area contributed by atoms with Crippen molar-refractivity contribution in [2.75, 3.05) is 13.1 Å². The monoisotopic (exact) mass is 276 g/mol. The maximum Gasteiger partial charge on any atom is 0.0127 e. The Bertz CT molecular complexity index is 315. The fraction of sp³-hybridized carbons (Fsp3) is 1.00. The van der Waals surface area contributed by atoms with Crippen LogP contribution in [-0.4, -0.2) is 36.1 Å². The standard InChI is InChI=1S/C18H32N2/c1-12(2)20-5-3-17(4-6-20)19-18-15-8-13-7-14(10-15)11-16(18)9-13/h12-19H,3-11H2,1-2H3. The summed E-state index contributed by atoms with van der Waals surface area (Å²) in [7, 11) is 0. The first-order valence-corrected chi connectivity index (χ1v) is 9.19. The Kier molecular flexibility index (Phi) is 3.58. The minimum atomic E-state index is 0.733. The van der Waals surface area contributed by atoms with Crippen molar-refractivity contribution in [1.29, 1.82) is 0 Å². The molecule has 4 saturated carbocycles. The van der Waals surface area contributed by atoms with Crippen LogP contribution in [0.4, 0.5) is 0 Å². The van der Waals surface area contributed by atoms with Gasteiger partial charge in [0.25, 0.3) is 0 Å². The van der Waals surface area contributed by atoms with E-state index in [1.54, 1.807) is 32.1 Å². The van der Waals surface area contributed by atoms with Crippen LogP contribution in [0.3, 0.4) is 0 Å². The molecule has 1 N–H and O–H groups in total. The van der Waals surface area contributed by atoms with Gasteiger partial charge in [-0.3, -0.25) is 0 Å². The summed E-state index contributed by atoms with van der Waals surface area (Å²) in [5.41, 5.74) is 0. The maximum atomic E-state index is 4.13. The van der Waals surface area contributed by atoms with Crippen molar-refractivity contribution in [3.63, 3.8) is 0 Å². The van der Waals surface area contributed by atoms with E-state index >= 15 is 0 Å². The van der Waals surface area contributed by atoms with Gasteiger partial charge >= 0.3 is 0 Å². The number of nitrogens with one attached hydrogen (secondary N) is 1. The first kappa shape index (κ1) is 13.6. The van der Waals surface area contributed by atoms with Gasteiger partial charge in [-0.1, -0.05) is 0 Å². The topological polar surface area (TPSA) is 15.3 Å². The summed E-state index contributed by atoms with van der Waals surface area (Å²) in [4.78, 5) is 2.65. The van der Waals surface area contributed by atoms with E-state index in [9.17, 15) is 0 Å². The lowest BCUT2D eigenvalue weighted by Gasteiger charge is -2.55. The minimum absolute atomic E-state index is 0.733. The second-order valence-electron chi connectivity index (χ2n) is 8.53. The van der Waals surface area contributed by atoms with Crippen molar-refractivity contribution < 1.29 is 0 Å². The first-order valence-electron chi connectivity index (χ1n) is 9.19. The van der Waals surface area contributed by atoms with Crippen LogP contribution in [0.2, 0.25) is 0 Å². The van der Waals surface area contributed by atoms with Gasteiger partial charge in [0.05, 0.1) is 0 Å². The van der Waals surface area contributed by atoms with E-state index in [1.807, 2.05) is 0 Å². The molecule has 4 bridgehead atoms. The molecule has 114 valence electrons. The molecule has 5 aliphatic rings. The van der Waals surface area contributed by atoms with E-state index in [-0.39, 0.29) is 0 Å².